The number of pyridine rings is 1. The van der Waals surface area contributed by atoms with Crippen LogP contribution in [-0.2, 0) is 0 Å². The van der Waals surface area contributed by atoms with Crippen LogP contribution < -0.4 is 10.5 Å². The molecule has 0 aliphatic heterocycles. The molecule has 4 nitrogen and oxygen atoms in total. The Balaban J connectivity index is 2.45. The summed E-state index contributed by atoms with van der Waals surface area (Å²) < 4.78 is 5.76. The van der Waals surface area contributed by atoms with E-state index in [9.17, 15) is 0 Å². The summed E-state index contributed by atoms with van der Waals surface area (Å²) in [6.07, 6.45) is 0. The minimum Gasteiger partial charge on any atom is -0.437 e. The van der Waals surface area contributed by atoms with Crippen LogP contribution in [0.15, 0.2) is 24.3 Å². The van der Waals surface area contributed by atoms with Crippen molar-refractivity contribution in [2.24, 2.45) is 0 Å². The molecule has 2 rings (SSSR count). The summed E-state index contributed by atoms with van der Waals surface area (Å²) in [5.41, 5.74) is 9.63. The maximum atomic E-state index is 9.07. The van der Waals surface area contributed by atoms with Crippen molar-refractivity contribution in [3.63, 3.8) is 0 Å². The Kier molecular flexibility index (Phi) is 3.39. The number of aryl methyl sites for hydroxylation is 3. The van der Waals surface area contributed by atoms with E-state index in [1.165, 1.54) is 0 Å². The Morgan fingerprint density at radius 1 is 1.16 bits per heavy atom. The number of benzene rings is 1. The number of hydrogen-bond acceptors (Lipinski definition) is 4. The van der Waals surface area contributed by atoms with Gasteiger partial charge in [-0.3, -0.25) is 0 Å². The highest BCUT2D eigenvalue weighted by molar-refractivity contribution is 5.54. The largest absolute Gasteiger partial charge is 0.437 e. The summed E-state index contributed by atoms with van der Waals surface area (Å²) in [4.78, 5) is 4.26. The SMILES string of the molecule is Cc1ccc(C#N)c(Oc2cc(C)c(N)cc2C)n1. The van der Waals surface area contributed by atoms with Gasteiger partial charge in [0.15, 0.2) is 0 Å². The molecule has 0 saturated carbocycles. The second-order valence-electron chi connectivity index (χ2n) is 4.49. The summed E-state index contributed by atoms with van der Waals surface area (Å²) >= 11 is 0. The number of anilines is 1. The predicted octanol–water partition coefficient (Wildman–Crippen LogP) is 3.25. The molecule has 1 aromatic heterocycles. The molecule has 96 valence electrons. The zero-order chi connectivity index (χ0) is 14.0. The van der Waals surface area contributed by atoms with Gasteiger partial charge in [0.25, 0.3) is 0 Å². The highest BCUT2D eigenvalue weighted by atomic mass is 16.5. The highest BCUT2D eigenvalue weighted by Gasteiger charge is 2.10. The van der Waals surface area contributed by atoms with Crippen molar-refractivity contribution in [1.29, 1.82) is 5.26 Å². The molecule has 0 saturated heterocycles. The molecule has 0 fully saturated rings. The molecule has 0 aliphatic rings. The first-order chi connectivity index (χ1) is 9.01. The lowest BCUT2D eigenvalue weighted by molar-refractivity contribution is 0.456. The van der Waals surface area contributed by atoms with Crippen LogP contribution in [0.4, 0.5) is 5.69 Å². The highest BCUT2D eigenvalue weighted by Crippen LogP contribution is 2.29. The van der Waals surface area contributed by atoms with Gasteiger partial charge in [0.05, 0.1) is 0 Å². The van der Waals surface area contributed by atoms with Crippen molar-refractivity contribution in [3.05, 3.63) is 46.6 Å². The van der Waals surface area contributed by atoms with E-state index in [0.717, 1.165) is 22.5 Å². The average Bonchev–Trinajstić information content (AvgIpc) is 2.36. The smallest absolute Gasteiger partial charge is 0.237 e. The molecule has 0 aliphatic carbocycles. The monoisotopic (exact) mass is 253 g/mol. The maximum Gasteiger partial charge on any atom is 0.237 e. The molecule has 4 heteroatoms. The predicted molar refractivity (Wildman–Crippen MR) is 74.1 cm³/mol. The topological polar surface area (TPSA) is 71.9 Å². The van der Waals surface area contributed by atoms with Gasteiger partial charge in [-0.05, 0) is 56.2 Å². The average molecular weight is 253 g/mol. The molecule has 0 atom stereocenters. The van der Waals surface area contributed by atoms with Gasteiger partial charge in [0.1, 0.15) is 17.4 Å². The lowest BCUT2D eigenvalue weighted by Crippen LogP contribution is -1.97. The van der Waals surface area contributed by atoms with E-state index in [1.54, 1.807) is 12.1 Å². The van der Waals surface area contributed by atoms with E-state index in [-0.39, 0.29) is 0 Å². The van der Waals surface area contributed by atoms with Gasteiger partial charge in [0.2, 0.25) is 5.88 Å². The molecular weight excluding hydrogens is 238 g/mol. The second kappa shape index (κ2) is 4.99. The van der Waals surface area contributed by atoms with Gasteiger partial charge in [-0.25, -0.2) is 4.98 Å². The van der Waals surface area contributed by atoms with Crippen LogP contribution in [0.3, 0.4) is 0 Å². The number of nitrogen functional groups attached to an aromatic ring is 1. The van der Waals surface area contributed by atoms with Crippen molar-refractivity contribution >= 4 is 5.69 Å². The summed E-state index contributed by atoms with van der Waals surface area (Å²) in [5.74, 6) is 0.996. The van der Waals surface area contributed by atoms with Crippen molar-refractivity contribution < 1.29 is 4.74 Å². The summed E-state index contributed by atoms with van der Waals surface area (Å²) in [7, 11) is 0. The Hall–Kier alpha value is -2.54. The molecule has 0 amide bonds. The minimum absolute atomic E-state index is 0.328. The van der Waals surface area contributed by atoms with Crippen LogP contribution in [-0.4, -0.2) is 4.98 Å². The minimum atomic E-state index is 0.328. The van der Waals surface area contributed by atoms with Crippen LogP contribution in [0, 0.1) is 32.1 Å². The summed E-state index contributed by atoms with van der Waals surface area (Å²) in [6, 6.07) is 9.28. The molecule has 2 N–H and O–H groups in total. The van der Waals surface area contributed by atoms with Gasteiger partial charge in [-0.1, -0.05) is 0 Å². The van der Waals surface area contributed by atoms with Gasteiger partial charge in [-0.2, -0.15) is 5.26 Å². The number of nitrogens with zero attached hydrogens (tertiary/aromatic N) is 2. The molecule has 0 bridgehead atoms. The van der Waals surface area contributed by atoms with E-state index in [0.29, 0.717) is 17.2 Å². The fourth-order valence-corrected chi connectivity index (χ4v) is 1.72. The standard InChI is InChI=1S/C15H15N3O/c1-9-7-14(10(2)6-13(9)17)19-15-12(8-16)5-4-11(3)18-15/h4-7H,17H2,1-3H3. The van der Waals surface area contributed by atoms with E-state index in [1.807, 2.05) is 32.9 Å². The Morgan fingerprint density at radius 3 is 2.58 bits per heavy atom. The van der Waals surface area contributed by atoms with Gasteiger partial charge < -0.3 is 10.5 Å². The first kappa shape index (κ1) is 12.9. The van der Waals surface area contributed by atoms with Gasteiger partial charge in [-0.15, -0.1) is 0 Å². The Morgan fingerprint density at radius 2 is 1.89 bits per heavy atom. The third-order valence-electron chi connectivity index (χ3n) is 2.89. The zero-order valence-corrected chi connectivity index (χ0v) is 11.2. The van der Waals surface area contributed by atoms with Crippen LogP contribution in [0.2, 0.25) is 0 Å². The van der Waals surface area contributed by atoms with Gasteiger partial charge in [0, 0.05) is 11.4 Å². The number of hydrogen-bond donors (Lipinski definition) is 1. The normalized spacial score (nSPS) is 10.0. The number of ether oxygens (including phenoxy) is 1. The Labute approximate surface area is 112 Å². The molecule has 19 heavy (non-hydrogen) atoms. The number of rotatable bonds is 2. The van der Waals surface area contributed by atoms with Crippen LogP contribution in [0.1, 0.15) is 22.4 Å². The van der Waals surface area contributed by atoms with E-state index in [4.69, 9.17) is 15.7 Å². The first-order valence-corrected chi connectivity index (χ1v) is 5.93. The Bertz CT molecular complexity index is 672. The van der Waals surface area contributed by atoms with Crippen LogP contribution >= 0.6 is 0 Å². The molecule has 1 heterocycles. The molecule has 0 unspecified atom stereocenters. The first-order valence-electron chi connectivity index (χ1n) is 5.93. The van der Waals surface area contributed by atoms with Crippen molar-refractivity contribution in [2.75, 3.05) is 5.73 Å². The third-order valence-corrected chi connectivity index (χ3v) is 2.89. The lowest BCUT2D eigenvalue weighted by atomic mass is 10.1. The number of nitriles is 1. The van der Waals surface area contributed by atoms with Crippen LogP contribution in [0.5, 0.6) is 11.6 Å². The zero-order valence-electron chi connectivity index (χ0n) is 11.2. The van der Waals surface area contributed by atoms with Gasteiger partial charge >= 0.3 is 0 Å². The summed E-state index contributed by atoms with van der Waals surface area (Å²) in [5, 5.41) is 9.07. The van der Waals surface area contributed by atoms with E-state index in [2.05, 4.69) is 11.1 Å². The molecular formula is C15H15N3O. The second-order valence-corrected chi connectivity index (χ2v) is 4.49. The lowest BCUT2D eigenvalue weighted by Gasteiger charge is -2.11. The maximum absolute atomic E-state index is 9.07. The van der Waals surface area contributed by atoms with E-state index < -0.39 is 0 Å². The number of nitrogens with two attached hydrogens (primary N) is 1. The third kappa shape index (κ3) is 2.66. The quantitative estimate of drug-likeness (QED) is 0.834. The number of aromatic nitrogens is 1. The fraction of sp³-hybridized carbons (Fsp3) is 0.200. The summed E-state index contributed by atoms with van der Waals surface area (Å²) in [6.45, 7) is 5.68. The molecule has 0 radical (unpaired) electrons. The molecule has 2 aromatic rings. The molecule has 1 aromatic carbocycles. The van der Waals surface area contributed by atoms with Crippen LogP contribution in [0.25, 0.3) is 0 Å². The van der Waals surface area contributed by atoms with Crippen molar-refractivity contribution in [1.82, 2.24) is 4.98 Å². The van der Waals surface area contributed by atoms with Crippen molar-refractivity contribution in [3.8, 4) is 17.7 Å². The molecule has 0 spiro atoms. The van der Waals surface area contributed by atoms with Crippen molar-refractivity contribution in [2.45, 2.75) is 20.8 Å². The fourth-order valence-electron chi connectivity index (χ4n) is 1.72. The van der Waals surface area contributed by atoms with E-state index >= 15 is 0 Å².